The number of piperazine rings is 1. The van der Waals surface area contributed by atoms with E-state index in [9.17, 15) is 4.79 Å². The Morgan fingerprint density at radius 2 is 1.69 bits per heavy atom. The van der Waals surface area contributed by atoms with Crippen LogP contribution in [0.5, 0.6) is 17.2 Å². The fraction of sp³-hybridized carbons (Fsp3) is 0.480. The van der Waals surface area contributed by atoms with E-state index in [-0.39, 0.29) is 5.91 Å². The number of rotatable bonds is 8. The fourth-order valence-corrected chi connectivity index (χ4v) is 4.85. The molecule has 4 rings (SSSR count). The molecule has 7 heteroatoms. The number of ether oxygens (including phenoxy) is 3. The molecule has 2 aromatic carbocycles. The number of hydrogen-bond acceptors (Lipinski definition) is 6. The summed E-state index contributed by atoms with van der Waals surface area (Å²) in [4.78, 5) is 17.7. The Labute approximate surface area is 190 Å². The molecule has 2 aromatic rings. The van der Waals surface area contributed by atoms with Gasteiger partial charge in [-0.3, -0.25) is 14.6 Å². The molecule has 1 saturated heterocycles. The van der Waals surface area contributed by atoms with Crippen LogP contribution in [0.15, 0.2) is 36.4 Å². The minimum absolute atomic E-state index is 0.148. The van der Waals surface area contributed by atoms with Crippen LogP contribution in [0.2, 0.25) is 0 Å². The van der Waals surface area contributed by atoms with E-state index < -0.39 is 0 Å². The molecule has 1 N–H and O–H groups in total. The van der Waals surface area contributed by atoms with Gasteiger partial charge in [0, 0.05) is 50.9 Å². The lowest BCUT2D eigenvalue weighted by Gasteiger charge is -2.38. The number of benzene rings is 2. The van der Waals surface area contributed by atoms with E-state index in [4.69, 9.17) is 14.2 Å². The number of methoxy groups -OCH3 is 3. The van der Waals surface area contributed by atoms with Crippen molar-refractivity contribution in [1.29, 1.82) is 0 Å². The third kappa shape index (κ3) is 4.69. The van der Waals surface area contributed by atoms with Gasteiger partial charge in [0.1, 0.15) is 0 Å². The van der Waals surface area contributed by atoms with Gasteiger partial charge in [0.25, 0.3) is 5.91 Å². The van der Waals surface area contributed by atoms with E-state index in [1.807, 2.05) is 0 Å². The molecular formula is C25H33N3O4. The van der Waals surface area contributed by atoms with Gasteiger partial charge in [-0.15, -0.1) is 0 Å². The van der Waals surface area contributed by atoms with Gasteiger partial charge < -0.3 is 19.5 Å². The molecule has 0 radical (unpaired) electrons. The molecular weight excluding hydrogens is 406 g/mol. The first-order valence-corrected chi connectivity index (χ1v) is 11.3. The van der Waals surface area contributed by atoms with Crippen molar-refractivity contribution in [2.75, 3.05) is 60.6 Å². The molecule has 0 saturated carbocycles. The van der Waals surface area contributed by atoms with E-state index in [2.05, 4.69) is 39.4 Å². The van der Waals surface area contributed by atoms with Gasteiger partial charge >= 0.3 is 0 Å². The van der Waals surface area contributed by atoms with Crippen molar-refractivity contribution in [3.63, 3.8) is 0 Å². The maximum Gasteiger partial charge on any atom is 0.251 e. The Bertz CT molecular complexity index is 916. The van der Waals surface area contributed by atoms with Gasteiger partial charge in [-0.05, 0) is 36.1 Å². The number of carbonyl (C=O) groups is 1. The molecule has 1 unspecified atom stereocenters. The molecule has 2 aliphatic rings. The Morgan fingerprint density at radius 1 is 1.00 bits per heavy atom. The van der Waals surface area contributed by atoms with Crippen LogP contribution in [0, 0.1) is 0 Å². The Morgan fingerprint density at radius 3 is 2.34 bits per heavy atom. The lowest BCUT2D eigenvalue weighted by atomic mass is 10.1. The smallest absolute Gasteiger partial charge is 0.251 e. The van der Waals surface area contributed by atoms with Gasteiger partial charge in [-0.1, -0.05) is 24.3 Å². The monoisotopic (exact) mass is 439 g/mol. The van der Waals surface area contributed by atoms with Crippen LogP contribution in [0.4, 0.5) is 0 Å². The summed E-state index contributed by atoms with van der Waals surface area (Å²) in [5.41, 5.74) is 3.51. The van der Waals surface area contributed by atoms with Crippen LogP contribution in [-0.4, -0.2) is 76.3 Å². The van der Waals surface area contributed by atoms with Crippen molar-refractivity contribution in [2.45, 2.75) is 18.9 Å². The van der Waals surface area contributed by atoms with Crippen LogP contribution >= 0.6 is 0 Å². The quantitative estimate of drug-likeness (QED) is 0.683. The summed E-state index contributed by atoms with van der Waals surface area (Å²) < 4.78 is 16.0. The highest BCUT2D eigenvalue weighted by atomic mass is 16.5. The minimum atomic E-state index is -0.148. The van der Waals surface area contributed by atoms with Crippen molar-refractivity contribution < 1.29 is 19.0 Å². The van der Waals surface area contributed by atoms with E-state index >= 15 is 0 Å². The molecule has 1 fully saturated rings. The summed E-state index contributed by atoms with van der Waals surface area (Å²) in [7, 11) is 4.64. The Balaban J connectivity index is 1.26. The van der Waals surface area contributed by atoms with Crippen LogP contribution in [0.1, 0.15) is 33.9 Å². The zero-order valence-corrected chi connectivity index (χ0v) is 19.2. The highest BCUT2D eigenvalue weighted by Crippen LogP contribution is 2.38. The highest BCUT2D eigenvalue weighted by Gasteiger charge is 2.29. The number of aryl methyl sites for hydroxylation is 1. The second-order valence-electron chi connectivity index (χ2n) is 8.30. The summed E-state index contributed by atoms with van der Waals surface area (Å²) in [6.45, 7) is 5.63. The maximum atomic E-state index is 12.7. The van der Waals surface area contributed by atoms with Crippen LogP contribution in [0.3, 0.4) is 0 Å². The number of nitrogens with zero attached hydrogens (tertiary/aromatic N) is 2. The van der Waals surface area contributed by atoms with E-state index in [0.717, 1.165) is 32.7 Å². The van der Waals surface area contributed by atoms with Crippen molar-refractivity contribution >= 4 is 5.91 Å². The summed E-state index contributed by atoms with van der Waals surface area (Å²) in [6.07, 6.45) is 2.41. The van der Waals surface area contributed by atoms with Crippen LogP contribution in [-0.2, 0) is 6.42 Å². The third-order valence-electron chi connectivity index (χ3n) is 6.59. The van der Waals surface area contributed by atoms with Crippen LogP contribution in [0.25, 0.3) is 0 Å². The molecule has 1 amide bonds. The van der Waals surface area contributed by atoms with Crippen molar-refractivity contribution in [3.05, 3.63) is 53.1 Å². The molecule has 1 aliphatic carbocycles. The first-order chi connectivity index (χ1) is 15.6. The van der Waals surface area contributed by atoms with Crippen molar-refractivity contribution in [1.82, 2.24) is 15.1 Å². The van der Waals surface area contributed by atoms with E-state index in [1.165, 1.54) is 24.0 Å². The maximum absolute atomic E-state index is 12.7. The summed E-state index contributed by atoms with van der Waals surface area (Å²) in [6, 6.07) is 12.8. The predicted octanol–water partition coefficient (Wildman–Crippen LogP) is 2.75. The molecule has 1 atom stereocenters. The average molecular weight is 440 g/mol. The summed E-state index contributed by atoms with van der Waals surface area (Å²) in [5, 5.41) is 3.02. The topological polar surface area (TPSA) is 63.3 Å². The van der Waals surface area contributed by atoms with Crippen molar-refractivity contribution in [3.8, 4) is 17.2 Å². The summed E-state index contributed by atoms with van der Waals surface area (Å²) in [5.74, 6) is 1.28. The van der Waals surface area contributed by atoms with E-state index in [1.54, 1.807) is 33.5 Å². The minimum Gasteiger partial charge on any atom is -0.493 e. The van der Waals surface area contributed by atoms with Gasteiger partial charge in [0.2, 0.25) is 5.75 Å². The van der Waals surface area contributed by atoms with Crippen LogP contribution < -0.4 is 19.5 Å². The Kier molecular flexibility index (Phi) is 7.17. The van der Waals surface area contributed by atoms with Gasteiger partial charge in [0.15, 0.2) is 11.5 Å². The largest absolute Gasteiger partial charge is 0.493 e. The number of carbonyl (C=O) groups excluding carboxylic acids is 1. The second-order valence-corrected chi connectivity index (χ2v) is 8.30. The molecule has 1 aliphatic heterocycles. The predicted molar refractivity (Wildman–Crippen MR) is 124 cm³/mol. The van der Waals surface area contributed by atoms with Gasteiger partial charge in [-0.25, -0.2) is 0 Å². The summed E-state index contributed by atoms with van der Waals surface area (Å²) >= 11 is 0. The first-order valence-electron chi connectivity index (χ1n) is 11.3. The number of nitrogens with one attached hydrogen (secondary N) is 1. The highest BCUT2D eigenvalue weighted by molar-refractivity contribution is 5.95. The lowest BCUT2D eigenvalue weighted by Crippen LogP contribution is -2.49. The third-order valence-corrected chi connectivity index (χ3v) is 6.59. The molecule has 0 bridgehead atoms. The van der Waals surface area contributed by atoms with Gasteiger partial charge in [0.05, 0.1) is 21.3 Å². The fourth-order valence-electron chi connectivity index (χ4n) is 4.85. The zero-order valence-electron chi connectivity index (χ0n) is 19.2. The standard InChI is InChI=1S/C25H33N3O4/c1-30-22-16-19(17-23(31-2)24(22)32-3)25(29)26-10-11-27-12-14-28(15-13-27)21-9-8-18-6-4-5-7-20(18)21/h4-7,16-17,21H,8-15H2,1-3H3,(H,26,29). The number of fused-ring (bicyclic) bond motifs is 1. The normalized spacial score (nSPS) is 18.8. The molecule has 32 heavy (non-hydrogen) atoms. The second kappa shape index (κ2) is 10.2. The molecule has 0 spiro atoms. The molecule has 1 heterocycles. The SMILES string of the molecule is COc1cc(C(=O)NCCN2CCN(C3CCc4ccccc43)CC2)cc(OC)c1OC. The van der Waals surface area contributed by atoms with E-state index in [0.29, 0.717) is 35.4 Å². The average Bonchev–Trinajstić information content (AvgIpc) is 3.27. The molecule has 0 aromatic heterocycles. The van der Waals surface area contributed by atoms with Crippen molar-refractivity contribution in [2.24, 2.45) is 0 Å². The zero-order chi connectivity index (χ0) is 22.5. The number of amides is 1. The number of hydrogen-bond donors (Lipinski definition) is 1. The Hall–Kier alpha value is -2.77. The van der Waals surface area contributed by atoms with Gasteiger partial charge in [-0.2, -0.15) is 0 Å². The lowest BCUT2D eigenvalue weighted by molar-refractivity contribution is 0.0888. The molecule has 172 valence electrons. The first kappa shape index (κ1) is 22.4. The molecule has 7 nitrogen and oxygen atoms in total.